The zero-order chi connectivity index (χ0) is 13.3. The molecule has 0 saturated carbocycles. The predicted molar refractivity (Wildman–Crippen MR) is 78.4 cm³/mol. The van der Waals surface area contributed by atoms with Gasteiger partial charge in [-0.05, 0) is 25.5 Å². The van der Waals surface area contributed by atoms with E-state index in [1.54, 1.807) is 11.8 Å². The maximum Gasteiger partial charge on any atom is 0.140 e. The normalized spacial score (nSPS) is 11.2. The molecule has 2 aromatic rings. The van der Waals surface area contributed by atoms with E-state index in [9.17, 15) is 0 Å². The van der Waals surface area contributed by atoms with E-state index in [1.807, 2.05) is 10.9 Å². The molecule has 4 heteroatoms. The molecule has 0 aliphatic heterocycles. The fourth-order valence-electron chi connectivity index (χ4n) is 1.92. The summed E-state index contributed by atoms with van der Waals surface area (Å²) in [6.07, 6.45) is 1.85. The van der Waals surface area contributed by atoms with Crippen LogP contribution in [0.5, 0.6) is 0 Å². The van der Waals surface area contributed by atoms with Crippen LogP contribution in [-0.2, 0) is 0 Å². The number of aromatic nitrogens is 2. The summed E-state index contributed by atoms with van der Waals surface area (Å²) in [5.74, 6) is 0.723. The summed E-state index contributed by atoms with van der Waals surface area (Å²) in [6.45, 7) is 8.47. The topological polar surface area (TPSA) is 43.8 Å². The smallest absolute Gasteiger partial charge is 0.140 e. The number of hydrogen-bond donors (Lipinski definition) is 1. The summed E-state index contributed by atoms with van der Waals surface area (Å²) in [5, 5.41) is 4.90. The Balaban J connectivity index is 2.42. The third-order valence-electron chi connectivity index (χ3n) is 2.71. The van der Waals surface area contributed by atoms with Gasteiger partial charge >= 0.3 is 0 Å². The average Bonchev–Trinajstić information content (AvgIpc) is 2.60. The van der Waals surface area contributed by atoms with Crippen molar-refractivity contribution < 1.29 is 0 Å². The van der Waals surface area contributed by atoms with Crippen LogP contribution in [-0.4, -0.2) is 15.0 Å². The summed E-state index contributed by atoms with van der Waals surface area (Å²) >= 11 is 1.74. The molecule has 3 nitrogen and oxygen atoms in total. The van der Waals surface area contributed by atoms with Gasteiger partial charge in [0.2, 0.25) is 0 Å². The number of nitrogen functional groups attached to an aromatic ring is 1. The quantitative estimate of drug-likeness (QED) is 0.859. The molecule has 0 aliphatic rings. The zero-order valence-corrected chi connectivity index (χ0v) is 12.1. The van der Waals surface area contributed by atoms with Crippen LogP contribution in [0, 0.1) is 13.8 Å². The van der Waals surface area contributed by atoms with Crippen LogP contribution in [0.4, 0.5) is 5.82 Å². The Bertz CT molecular complexity index is 558. The second-order valence-corrected chi connectivity index (χ2v) is 6.38. The van der Waals surface area contributed by atoms with E-state index in [2.05, 4.69) is 51.0 Å². The number of rotatable bonds is 3. The molecule has 0 bridgehead atoms. The SMILES string of the molecule is Cc1ccc(-n2ncc(SC(C)C)c2N)c(C)c1. The minimum absolute atomic E-state index is 0.504. The lowest BCUT2D eigenvalue weighted by Crippen LogP contribution is -2.04. The van der Waals surface area contributed by atoms with Gasteiger partial charge in [-0.1, -0.05) is 31.5 Å². The minimum Gasteiger partial charge on any atom is -0.383 e. The number of anilines is 1. The third kappa shape index (κ3) is 2.53. The van der Waals surface area contributed by atoms with Gasteiger partial charge in [-0.15, -0.1) is 11.8 Å². The van der Waals surface area contributed by atoms with Gasteiger partial charge in [-0.25, -0.2) is 4.68 Å². The number of nitrogens with zero attached hydrogens (tertiary/aromatic N) is 2. The fourth-order valence-corrected chi connectivity index (χ4v) is 2.75. The van der Waals surface area contributed by atoms with Crippen molar-refractivity contribution >= 4 is 17.6 Å². The molecule has 1 heterocycles. The molecule has 0 atom stereocenters. The molecule has 0 unspecified atom stereocenters. The van der Waals surface area contributed by atoms with Crippen LogP contribution in [0.15, 0.2) is 29.3 Å². The van der Waals surface area contributed by atoms with Crippen molar-refractivity contribution in [3.63, 3.8) is 0 Å². The highest BCUT2D eigenvalue weighted by Gasteiger charge is 2.12. The van der Waals surface area contributed by atoms with Crippen LogP contribution in [0.25, 0.3) is 5.69 Å². The Morgan fingerprint density at radius 2 is 2.00 bits per heavy atom. The average molecular weight is 261 g/mol. The number of benzene rings is 1. The van der Waals surface area contributed by atoms with Crippen LogP contribution in [0.1, 0.15) is 25.0 Å². The highest BCUT2D eigenvalue weighted by molar-refractivity contribution is 8.00. The third-order valence-corrected chi connectivity index (χ3v) is 3.75. The predicted octanol–water partition coefficient (Wildman–Crippen LogP) is 3.57. The summed E-state index contributed by atoms with van der Waals surface area (Å²) < 4.78 is 1.82. The molecular weight excluding hydrogens is 242 g/mol. The van der Waals surface area contributed by atoms with E-state index >= 15 is 0 Å². The maximum absolute atomic E-state index is 6.17. The molecule has 2 rings (SSSR count). The van der Waals surface area contributed by atoms with Crippen LogP contribution in [0.2, 0.25) is 0 Å². The van der Waals surface area contributed by atoms with E-state index in [0.717, 1.165) is 16.4 Å². The van der Waals surface area contributed by atoms with E-state index in [-0.39, 0.29) is 0 Å². The molecule has 1 aromatic heterocycles. The summed E-state index contributed by atoms with van der Waals surface area (Å²) in [6, 6.07) is 6.29. The summed E-state index contributed by atoms with van der Waals surface area (Å²) in [5.41, 5.74) is 9.65. The number of hydrogen-bond acceptors (Lipinski definition) is 3. The van der Waals surface area contributed by atoms with Crippen molar-refractivity contribution in [1.29, 1.82) is 0 Å². The van der Waals surface area contributed by atoms with Crippen molar-refractivity contribution in [2.75, 3.05) is 5.73 Å². The number of thioether (sulfide) groups is 1. The van der Waals surface area contributed by atoms with Gasteiger partial charge in [-0.2, -0.15) is 5.10 Å². The lowest BCUT2D eigenvalue weighted by Gasteiger charge is -2.09. The van der Waals surface area contributed by atoms with Gasteiger partial charge in [-0.3, -0.25) is 0 Å². The van der Waals surface area contributed by atoms with Gasteiger partial charge < -0.3 is 5.73 Å². The molecule has 0 aliphatic carbocycles. The first-order valence-electron chi connectivity index (χ1n) is 6.07. The molecule has 0 fully saturated rings. The monoisotopic (exact) mass is 261 g/mol. The standard InChI is InChI=1S/C14H19N3S/c1-9(2)18-13-8-16-17(14(13)15)12-6-5-10(3)7-11(12)4/h5-9H,15H2,1-4H3. The van der Waals surface area contributed by atoms with E-state index in [4.69, 9.17) is 5.73 Å². The van der Waals surface area contributed by atoms with Gasteiger partial charge in [0, 0.05) is 5.25 Å². The molecule has 18 heavy (non-hydrogen) atoms. The van der Waals surface area contributed by atoms with Crippen molar-refractivity contribution in [2.45, 2.75) is 37.8 Å². The Hall–Kier alpha value is -1.42. The number of aryl methyl sites for hydroxylation is 2. The van der Waals surface area contributed by atoms with E-state index in [1.165, 1.54) is 11.1 Å². The Labute approximate surface area is 112 Å². The Morgan fingerprint density at radius 3 is 2.61 bits per heavy atom. The first-order valence-corrected chi connectivity index (χ1v) is 6.94. The van der Waals surface area contributed by atoms with Crippen LogP contribution in [0.3, 0.4) is 0 Å². The molecule has 0 radical (unpaired) electrons. The molecule has 0 amide bonds. The molecule has 96 valence electrons. The Kier molecular flexibility index (Phi) is 3.66. The van der Waals surface area contributed by atoms with Gasteiger partial charge in [0.15, 0.2) is 0 Å². The maximum atomic E-state index is 6.17. The first kappa shape index (κ1) is 13.0. The Morgan fingerprint density at radius 1 is 1.28 bits per heavy atom. The highest BCUT2D eigenvalue weighted by atomic mass is 32.2. The molecule has 1 aromatic carbocycles. The first-order chi connectivity index (χ1) is 8.49. The molecular formula is C14H19N3S. The van der Waals surface area contributed by atoms with E-state index < -0.39 is 0 Å². The van der Waals surface area contributed by atoms with Gasteiger partial charge in [0.05, 0.1) is 16.8 Å². The van der Waals surface area contributed by atoms with Crippen molar-refractivity contribution in [2.24, 2.45) is 0 Å². The van der Waals surface area contributed by atoms with E-state index in [0.29, 0.717) is 5.25 Å². The van der Waals surface area contributed by atoms with Gasteiger partial charge in [0.25, 0.3) is 0 Å². The van der Waals surface area contributed by atoms with Crippen molar-refractivity contribution in [3.8, 4) is 5.69 Å². The lowest BCUT2D eigenvalue weighted by molar-refractivity contribution is 0.882. The summed E-state index contributed by atoms with van der Waals surface area (Å²) in [7, 11) is 0. The molecule has 0 saturated heterocycles. The van der Waals surface area contributed by atoms with Crippen LogP contribution < -0.4 is 5.73 Å². The van der Waals surface area contributed by atoms with Crippen molar-refractivity contribution in [1.82, 2.24) is 9.78 Å². The second kappa shape index (κ2) is 5.06. The zero-order valence-electron chi connectivity index (χ0n) is 11.3. The van der Waals surface area contributed by atoms with Crippen molar-refractivity contribution in [3.05, 3.63) is 35.5 Å². The van der Waals surface area contributed by atoms with Crippen LogP contribution >= 0.6 is 11.8 Å². The fraction of sp³-hybridized carbons (Fsp3) is 0.357. The summed E-state index contributed by atoms with van der Waals surface area (Å²) in [4.78, 5) is 1.05. The second-order valence-electron chi connectivity index (χ2n) is 4.76. The largest absolute Gasteiger partial charge is 0.383 e. The molecule has 2 N–H and O–H groups in total. The highest BCUT2D eigenvalue weighted by Crippen LogP contribution is 2.30. The number of nitrogens with two attached hydrogens (primary N) is 1. The van der Waals surface area contributed by atoms with Gasteiger partial charge in [0.1, 0.15) is 5.82 Å². The lowest BCUT2D eigenvalue weighted by atomic mass is 10.1. The molecule has 0 spiro atoms. The minimum atomic E-state index is 0.504.